The summed E-state index contributed by atoms with van der Waals surface area (Å²) in [6.45, 7) is 5.61. The number of hydrogen-bond donors (Lipinski definition) is 2. The summed E-state index contributed by atoms with van der Waals surface area (Å²) in [7, 11) is 1.28. The van der Waals surface area contributed by atoms with E-state index in [9.17, 15) is 14.7 Å². The number of nitrogens with one attached hydrogen (secondary N) is 1. The average Bonchev–Trinajstić information content (AvgIpc) is 2.36. The van der Waals surface area contributed by atoms with E-state index < -0.39 is 23.8 Å². The Morgan fingerprint density at radius 3 is 2.55 bits per heavy atom. The number of amides is 2. The lowest BCUT2D eigenvalue weighted by Crippen LogP contribution is -2.59. The first-order chi connectivity index (χ1) is 9.28. The van der Waals surface area contributed by atoms with Crippen LogP contribution < -0.4 is 5.32 Å². The van der Waals surface area contributed by atoms with Crippen LogP contribution >= 0.6 is 0 Å². The highest BCUT2D eigenvalue weighted by atomic mass is 16.6. The van der Waals surface area contributed by atoms with Gasteiger partial charge in [-0.2, -0.15) is 0 Å². The van der Waals surface area contributed by atoms with E-state index in [1.54, 1.807) is 20.8 Å². The van der Waals surface area contributed by atoms with Gasteiger partial charge in [0.15, 0.2) is 0 Å². The molecule has 1 heterocycles. The summed E-state index contributed by atoms with van der Waals surface area (Å²) in [5.41, 5.74) is -0.597. The minimum atomic E-state index is -0.597. The van der Waals surface area contributed by atoms with E-state index in [1.807, 2.05) is 0 Å². The van der Waals surface area contributed by atoms with Crippen molar-refractivity contribution in [2.75, 3.05) is 20.3 Å². The Kier molecular flexibility index (Phi) is 5.62. The first-order valence-electron chi connectivity index (χ1n) is 6.73. The molecule has 2 atom stereocenters. The summed E-state index contributed by atoms with van der Waals surface area (Å²) in [4.78, 5) is 24.9. The van der Waals surface area contributed by atoms with Crippen molar-refractivity contribution in [3.8, 4) is 0 Å². The Labute approximate surface area is 119 Å². The number of hydrogen-bond acceptors (Lipinski definition) is 5. The third-order valence-electron chi connectivity index (χ3n) is 3.08. The Morgan fingerprint density at radius 2 is 2.05 bits per heavy atom. The van der Waals surface area contributed by atoms with Gasteiger partial charge in [0, 0.05) is 6.54 Å². The van der Waals surface area contributed by atoms with Crippen LogP contribution in [0.4, 0.5) is 9.59 Å². The number of aliphatic hydroxyl groups excluding tert-OH is 1. The zero-order valence-corrected chi connectivity index (χ0v) is 12.5. The molecule has 0 unspecified atom stereocenters. The fraction of sp³-hybridized carbons (Fsp3) is 0.846. The highest BCUT2D eigenvalue weighted by Crippen LogP contribution is 2.21. The maximum atomic E-state index is 12.1. The van der Waals surface area contributed by atoms with E-state index in [4.69, 9.17) is 4.74 Å². The molecule has 0 spiro atoms. The van der Waals surface area contributed by atoms with Crippen LogP contribution in [0.2, 0.25) is 0 Å². The average molecular weight is 288 g/mol. The molecular formula is C13H24N2O5. The standard InChI is InChI=1S/C13H24N2O5/c1-13(2,3)20-12(18)15-7-5-6-9(10(15)8-16)14-11(17)19-4/h9-10,16H,5-8H2,1-4H3,(H,14,17)/t9-,10-/m1/s1. The lowest BCUT2D eigenvalue weighted by molar-refractivity contribution is -0.00525. The number of ether oxygens (including phenoxy) is 2. The van der Waals surface area contributed by atoms with Crippen molar-refractivity contribution in [3.05, 3.63) is 0 Å². The maximum absolute atomic E-state index is 12.1. The van der Waals surface area contributed by atoms with Gasteiger partial charge in [0.25, 0.3) is 0 Å². The Bertz CT molecular complexity index is 353. The fourth-order valence-electron chi connectivity index (χ4n) is 2.21. The number of aliphatic hydroxyl groups is 1. The predicted molar refractivity (Wildman–Crippen MR) is 72.4 cm³/mol. The van der Waals surface area contributed by atoms with E-state index in [1.165, 1.54) is 12.0 Å². The van der Waals surface area contributed by atoms with Gasteiger partial charge in [0.05, 0.1) is 25.8 Å². The van der Waals surface area contributed by atoms with Crippen LogP contribution in [-0.2, 0) is 9.47 Å². The fourth-order valence-corrected chi connectivity index (χ4v) is 2.21. The molecule has 20 heavy (non-hydrogen) atoms. The maximum Gasteiger partial charge on any atom is 0.410 e. The van der Waals surface area contributed by atoms with E-state index in [-0.39, 0.29) is 12.6 Å². The number of alkyl carbamates (subject to hydrolysis) is 1. The quantitative estimate of drug-likeness (QED) is 0.794. The van der Waals surface area contributed by atoms with Crippen molar-refractivity contribution >= 4 is 12.2 Å². The highest BCUT2D eigenvalue weighted by molar-refractivity contribution is 5.70. The molecule has 0 radical (unpaired) electrons. The van der Waals surface area contributed by atoms with Crippen LogP contribution in [0, 0.1) is 0 Å². The summed E-state index contributed by atoms with van der Waals surface area (Å²) in [6.07, 6.45) is 0.358. The summed E-state index contributed by atoms with van der Waals surface area (Å²) < 4.78 is 9.88. The molecule has 2 N–H and O–H groups in total. The Hall–Kier alpha value is -1.50. The molecule has 116 valence electrons. The molecule has 1 fully saturated rings. The molecule has 0 bridgehead atoms. The van der Waals surface area contributed by atoms with Gasteiger partial charge in [0.2, 0.25) is 0 Å². The van der Waals surface area contributed by atoms with Gasteiger partial charge in [-0.1, -0.05) is 0 Å². The van der Waals surface area contributed by atoms with Crippen molar-refractivity contribution in [1.82, 2.24) is 10.2 Å². The van der Waals surface area contributed by atoms with E-state index in [2.05, 4.69) is 10.1 Å². The minimum absolute atomic E-state index is 0.242. The van der Waals surface area contributed by atoms with Crippen LogP contribution in [0.5, 0.6) is 0 Å². The van der Waals surface area contributed by atoms with Crippen molar-refractivity contribution in [3.63, 3.8) is 0 Å². The number of carbonyl (C=O) groups is 2. The topological polar surface area (TPSA) is 88.1 Å². The van der Waals surface area contributed by atoms with Crippen molar-refractivity contribution < 1.29 is 24.2 Å². The zero-order valence-electron chi connectivity index (χ0n) is 12.5. The van der Waals surface area contributed by atoms with Crippen LogP contribution in [0.1, 0.15) is 33.6 Å². The van der Waals surface area contributed by atoms with Gasteiger partial charge < -0.3 is 24.8 Å². The van der Waals surface area contributed by atoms with Crippen LogP contribution in [0.15, 0.2) is 0 Å². The molecule has 2 amide bonds. The summed E-state index contributed by atoms with van der Waals surface area (Å²) in [5, 5.41) is 12.2. The second-order valence-electron chi connectivity index (χ2n) is 5.81. The first kappa shape index (κ1) is 16.6. The SMILES string of the molecule is COC(=O)N[C@@H]1CCCN(C(=O)OC(C)(C)C)[C@@H]1CO. The van der Waals surface area contributed by atoms with Crippen molar-refractivity contribution in [1.29, 1.82) is 0 Å². The molecule has 1 aliphatic heterocycles. The Morgan fingerprint density at radius 1 is 1.40 bits per heavy atom. The molecule has 1 saturated heterocycles. The number of nitrogens with zero attached hydrogens (tertiary/aromatic N) is 1. The van der Waals surface area contributed by atoms with Crippen molar-refractivity contribution in [2.24, 2.45) is 0 Å². The lowest BCUT2D eigenvalue weighted by Gasteiger charge is -2.40. The summed E-state index contributed by atoms with van der Waals surface area (Å²) in [5.74, 6) is 0. The molecule has 1 rings (SSSR count). The van der Waals surface area contributed by atoms with E-state index >= 15 is 0 Å². The third kappa shape index (κ3) is 4.56. The molecular weight excluding hydrogens is 264 g/mol. The van der Waals surface area contributed by atoms with Gasteiger partial charge in [-0.25, -0.2) is 9.59 Å². The first-order valence-corrected chi connectivity index (χ1v) is 6.73. The van der Waals surface area contributed by atoms with Gasteiger partial charge in [-0.15, -0.1) is 0 Å². The second kappa shape index (κ2) is 6.78. The molecule has 0 aromatic heterocycles. The molecule has 0 saturated carbocycles. The molecule has 7 nitrogen and oxygen atoms in total. The largest absolute Gasteiger partial charge is 0.453 e. The summed E-state index contributed by atoms with van der Waals surface area (Å²) >= 11 is 0. The van der Waals surface area contributed by atoms with Gasteiger partial charge >= 0.3 is 12.2 Å². The normalized spacial score (nSPS) is 23.1. The van der Waals surface area contributed by atoms with Crippen molar-refractivity contribution in [2.45, 2.75) is 51.3 Å². The minimum Gasteiger partial charge on any atom is -0.453 e. The number of carbonyl (C=O) groups excluding carboxylic acids is 2. The third-order valence-corrected chi connectivity index (χ3v) is 3.08. The zero-order chi connectivity index (χ0) is 15.3. The van der Waals surface area contributed by atoms with Gasteiger partial charge in [-0.3, -0.25) is 0 Å². The molecule has 0 aromatic rings. The molecule has 1 aliphatic rings. The molecule has 0 aliphatic carbocycles. The second-order valence-corrected chi connectivity index (χ2v) is 5.81. The predicted octanol–water partition coefficient (Wildman–Crippen LogP) is 1.10. The van der Waals surface area contributed by atoms with Crippen LogP contribution in [0.3, 0.4) is 0 Å². The number of piperidine rings is 1. The smallest absolute Gasteiger partial charge is 0.410 e. The van der Waals surface area contributed by atoms with E-state index in [0.29, 0.717) is 13.0 Å². The van der Waals surface area contributed by atoms with E-state index in [0.717, 1.165) is 6.42 Å². The lowest BCUT2D eigenvalue weighted by atomic mass is 9.97. The summed E-state index contributed by atoms with van der Waals surface area (Å²) in [6, 6.07) is -0.841. The van der Waals surface area contributed by atoms with Crippen LogP contribution in [-0.4, -0.2) is 60.1 Å². The molecule has 0 aromatic carbocycles. The van der Waals surface area contributed by atoms with Gasteiger partial charge in [-0.05, 0) is 33.6 Å². The monoisotopic (exact) mass is 288 g/mol. The van der Waals surface area contributed by atoms with Gasteiger partial charge in [0.1, 0.15) is 5.60 Å². The molecule has 7 heteroatoms. The Balaban J connectivity index is 2.75. The number of rotatable bonds is 2. The number of likely N-dealkylation sites (tertiary alicyclic amines) is 1. The highest BCUT2D eigenvalue weighted by Gasteiger charge is 2.37. The number of methoxy groups -OCH3 is 1. The van der Waals surface area contributed by atoms with Crippen LogP contribution in [0.25, 0.3) is 0 Å².